The first kappa shape index (κ1) is 23.7. The van der Waals surface area contributed by atoms with Gasteiger partial charge in [-0.3, -0.25) is 0 Å². The minimum absolute atomic E-state index is 0.133. The highest BCUT2D eigenvalue weighted by Gasteiger charge is 2.32. The summed E-state index contributed by atoms with van der Waals surface area (Å²) in [5.74, 6) is 0. The van der Waals surface area contributed by atoms with Crippen LogP contribution >= 0.6 is 0 Å². The molecule has 5 aromatic rings. The minimum atomic E-state index is -0.133. The molecule has 178 valence electrons. The van der Waals surface area contributed by atoms with Gasteiger partial charge in [0, 0.05) is 35.2 Å². The topological polar surface area (TPSA) is 7.76 Å². The first-order valence-corrected chi connectivity index (χ1v) is 12.6. The minimum Gasteiger partial charge on any atom is -0.201 e. The molecular formula is C34H34N2+2. The number of pyridine rings is 2. The second kappa shape index (κ2) is 9.91. The SMILES string of the molecule is Cc1ccccc1-c1cccc[n+]1CC(C)(C)c1cc(-c2ccccc2)ccc1-c1cccc[n+]1C. The molecule has 0 N–H and O–H groups in total. The van der Waals surface area contributed by atoms with Crippen LogP contribution in [0.5, 0.6) is 0 Å². The maximum Gasteiger partial charge on any atom is 0.212 e. The van der Waals surface area contributed by atoms with Crippen molar-refractivity contribution in [1.29, 1.82) is 0 Å². The first-order valence-electron chi connectivity index (χ1n) is 12.6. The third-order valence-electron chi connectivity index (χ3n) is 7.11. The Hall–Kier alpha value is -4.04. The van der Waals surface area contributed by atoms with Crippen LogP contribution in [0.1, 0.15) is 25.0 Å². The molecule has 36 heavy (non-hydrogen) atoms. The van der Waals surface area contributed by atoms with Gasteiger partial charge in [0.15, 0.2) is 18.9 Å². The van der Waals surface area contributed by atoms with Gasteiger partial charge < -0.3 is 0 Å². The second-order valence-electron chi connectivity index (χ2n) is 10.2. The molecule has 3 aromatic carbocycles. The number of rotatable bonds is 6. The van der Waals surface area contributed by atoms with Crippen LogP contribution in [0, 0.1) is 6.92 Å². The largest absolute Gasteiger partial charge is 0.212 e. The van der Waals surface area contributed by atoms with Crippen molar-refractivity contribution < 1.29 is 9.13 Å². The van der Waals surface area contributed by atoms with Crippen molar-refractivity contribution in [3.05, 3.63) is 133 Å². The molecule has 0 saturated heterocycles. The summed E-state index contributed by atoms with van der Waals surface area (Å²) in [6.07, 6.45) is 4.34. The van der Waals surface area contributed by atoms with Crippen LogP contribution in [-0.4, -0.2) is 0 Å². The smallest absolute Gasteiger partial charge is 0.201 e. The highest BCUT2D eigenvalue weighted by Crippen LogP contribution is 2.36. The van der Waals surface area contributed by atoms with Gasteiger partial charge in [-0.05, 0) is 73.4 Å². The molecule has 0 atom stereocenters. The number of benzene rings is 3. The van der Waals surface area contributed by atoms with Crippen molar-refractivity contribution in [2.45, 2.75) is 32.7 Å². The Morgan fingerprint density at radius 1 is 0.611 bits per heavy atom. The predicted octanol–water partition coefficient (Wildman–Crippen LogP) is 7.09. The van der Waals surface area contributed by atoms with Gasteiger partial charge in [-0.15, -0.1) is 0 Å². The molecule has 0 bridgehead atoms. The van der Waals surface area contributed by atoms with Crippen molar-refractivity contribution in [3.8, 4) is 33.6 Å². The Labute approximate surface area is 215 Å². The molecule has 0 amide bonds. The highest BCUT2D eigenvalue weighted by atomic mass is 15.0. The van der Waals surface area contributed by atoms with Gasteiger partial charge in [-0.1, -0.05) is 54.6 Å². The number of nitrogens with zero attached hydrogens (tertiary/aromatic N) is 2. The lowest BCUT2D eigenvalue weighted by Crippen LogP contribution is -2.45. The molecule has 0 saturated carbocycles. The van der Waals surface area contributed by atoms with Crippen molar-refractivity contribution in [2.75, 3.05) is 0 Å². The van der Waals surface area contributed by atoms with Gasteiger partial charge >= 0.3 is 0 Å². The fourth-order valence-corrected chi connectivity index (χ4v) is 5.17. The van der Waals surface area contributed by atoms with E-state index in [2.05, 4.69) is 159 Å². The molecule has 0 aliphatic carbocycles. The average Bonchev–Trinajstić information content (AvgIpc) is 2.90. The second-order valence-corrected chi connectivity index (χ2v) is 10.2. The Morgan fingerprint density at radius 3 is 2.03 bits per heavy atom. The first-order chi connectivity index (χ1) is 17.4. The lowest BCUT2D eigenvalue weighted by molar-refractivity contribution is -0.693. The summed E-state index contributed by atoms with van der Waals surface area (Å²) in [5.41, 5.74) is 10.0. The zero-order chi connectivity index (χ0) is 25.1. The monoisotopic (exact) mass is 470 g/mol. The highest BCUT2D eigenvalue weighted by molar-refractivity contribution is 5.72. The van der Waals surface area contributed by atoms with Crippen LogP contribution in [-0.2, 0) is 19.0 Å². The maximum absolute atomic E-state index is 2.41. The van der Waals surface area contributed by atoms with Crippen LogP contribution in [0.4, 0.5) is 0 Å². The molecule has 2 aromatic heterocycles. The van der Waals surface area contributed by atoms with Gasteiger partial charge in [-0.2, -0.15) is 4.57 Å². The van der Waals surface area contributed by atoms with E-state index in [1.54, 1.807) is 0 Å². The van der Waals surface area contributed by atoms with E-state index in [9.17, 15) is 0 Å². The van der Waals surface area contributed by atoms with Gasteiger partial charge in [-0.25, -0.2) is 4.57 Å². The molecule has 0 radical (unpaired) electrons. The van der Waals surface area contributed by atoms with Gasteiger partial charge in [0.25, 0.3) is 0 Å². The average molecular weight is 471 g/mol. The number of hydrogen-bond donors (Lipinski definition) is 0. The summed E-state index contributed by atoms with van der Waals surface area (Å²) in [5, 5.41) is 0. The van der Waals surface area contributed by atoms with Crippen LogP contribution in [0.2, 0.25) is 0 Å². The molecule has 0 aliphatic heterocycles. The van der Waals surface area contributed by atoms with Crippen LogP contribution in [0.25, 0.3) is 33.6 Å². The Kier molecular flexibility index (Phi) is 6.52. The molecule has 2 heterocycles. The zero-order valence-corrected chi connectivity index (χ0v) is 21.6. The molecule has 2 heteroatoms. The van der Waals surface area contributed by atoms with Crippen molar-refractivity contribution in [3.63, 3.8) is 0 Å². The van der Waals surface area contributed by atoms with Crippen molar-refractivity contribution in [1.82, 2.24) is 0 Å². The summed E-state index contributed by atoms with van der Waals surface area (Å²) >= 11 is 0. The predicted molar refractivity (Wildman–Crippen MR) is 148 cm³/mol. The summed E-state index contributed by atoms with van der Waals surface area (Å²) in [7, 11) is 2.12. The van der Waals surface area contributed by atoms with E-state index in [0.717, 1.165) is 6.54 Å². The van der Waals surface area contributed by atoms with E-state index in [4.69, 9.17) is 0 Å². The van der Waals surface area contributed by atoms with Crippen molar-refractivity contribution >= 4 is 0 Å². The Balaban J connectivity index is 1.65. The van der Waals surface area contributed by atoms with Crippen LogP contribution in [0.3, 0.4) is 0 Å². The number of aryl methyl sites for hydroxylation is 2. The zero-order valence-electron chi connectivity index (χ0n) is 21.6. The third-order valence-corrected chi connectivity index (χ3v) is 7.11. The summed E-state index contributed by atoms with van der Waals surface area (Å²) < 4.78 is 4.62. The molecule has 0 spiro atoms. The Morgan fingerprint density at radius 2 is 1.28 bits per heavy atom. The summed E-state index contributed by atoms with van der Waals surface area (Å²) in [6.45, 7) is 7.78. The van der Waals surface area contributed by atoms with E-state index < -0.39 is 0 Å². The number of hydrogen-bond acceptors (Lipinski definition) is 0. The van der Waals surface area contributed by atoms with E-state index in [1.165, 1.54) is 44.8 Å². The lowest BCUT2D eigenvalue weighted by Gasteiger charge is -2.26. The van der Waals surface area contributed by atoms with Crippen molar-refractivity contribution in [2.24, 2.45) is 7.05 Å². The Bertz CT molecular complexity index is 1500. The van der Waals surface area contributed by atoms with Gasteiger partial charge in [0.1, 0.15) is 7.05 Å². The molecule has 0 fully saturated rings. The van der Waals surface area contributed by atoms with E-state index in [1.807, 2.05) is 0 Å². The molecule has 5 rings (SSSR count). The fourth-order valence-electron chi connectivity index (χ4n) is 5.17. The maximum atomic E-state index is 2.41. The molecular weight excluding hydrogens is 436 g/mol. The lowest BCUT2D eigenvalue weighted by atomic mass is 9.79. The third kappa shape index (κ3) is 4.72. The van der Waals surface area contributed by atoms with Crippen LogP contribution < -0.4 is 9.13 Å². The summed E-state index contributed by atoms with van der Waals surface area (Å²) in [4.78, 5) is 0. The normalized spacial score (nSPS) is 11.4. The van der Waals surface area contributed by atoms with E-state index in [0.29, 0.717) is 0 Å². The molecule has 0 unspecified atom stereocenters. The number of aromatic nitrogens is 2. The van der Waals surface area contributed by atoms with Crippen LogP contribution in [0.15, 0.2) is 122 Å². The van der Waals surface area contributed by atoms with Gasteiger partial charge in [0.05, 0.1) is 5.56 Å². The fraction of sp³-hybridized carbons (Fsp3) is 0.176. The summed E-state index contributed by atoms with van der Waals surface area (Å²) in [6, 6.07) is 39.2. The standard InChI is InChI=1S/C34H34N2/c1-26-14-8-9-17-29(26)33-19-11-13-23-36(33)25-34(2,3)31-24-28(27-15-6-5-7-16-27)20-21-30(31)32-18-10-12-22-35(32)4/h5-24H,25H2,1-4H3/q+2. The van der Waals surface area contributed by atoms with Gasteiger partial charge in [0.2, 0.25) is 11.4 Å². The van der Waals surface area contributed by atoms with E-state index >= 15 is 0 Å². The quantitative estimate of drug-likeness (QED) is 0.234. The molecule has 0 aliphatic rings. The molecule has 2 nitrogen and oxygen atoms in total. The van der Waals surface area contributed by atoms with E-state index in [-0.39, 0.29) is 5.41 Å².